The largest absolute Gasteiger partial charge is 0.314 e. The van der Waals surface area contributed by atoms with Gasteiger partial charge in [0.25, 0.3) is 0 Å². The van der Waals surface area contributed by atoms with Crippen LogP contribution in [0.1, 0.15) is 25.0 Å². The fraction of sp³-hybridized carbons (Fsp3) is 0.308. The maximum Gasteiger partial charge on any atom is 0.236 e. The molecule has 1 aromatic rings. The number of carbonyl (C=O) groups is 1. The summed E-state index contributed by atoms with van der Waals surface area (Å²) in [6.45, 7) is 7.30. The first-order valence-electron chi connectivity index (χ1n) is 5.15. The molecule has 1 heterocycles. The van der Waals surface area contributed by atoms with Crippen molar-refractivity contribution in [2.24, 2.45) is 0 Å². The zero-order valence-electron chi connectivity index (χ0n) is 9.67. The lowest BCUT2D eigenvalue weighted by Gasteiger charge is -2.16. The first kappa shape index (κ1) is 10.9. The Hall–Kier alpha value is -1.64. The summed E-state index contributed by atoms with van der Waals surface area (Å²) >= 11 is 0. The minimum atomic E-state index is -0.588. The van der Waals surface area contributed by atoms with Gasteiger partial charge in [-0.05, 0) is 25.5 Å². The molecule has 0 saturated heterocycles. The highest BCUT2D eigenvalue weighted by atomic mass is 19.1. The molecule has 1 aliphatic heterocycles. The molecule has 0 spiro atoms. The number of benzene rings is 1. The molecule has 84 valence electrons. The van der Waals surface area contributed by atoms with Gasteiger partial charge in [0, 0.05) is 12.6 Å². The summed E-state index contributed by atoms with van der Waals surface area (Å²) in [5.74, 6) is -0.359. The van der Waals surface area contributed by atoms with Crippen LogP contribution in [0.5, 0.6) is 0 Å². The van der Waals surface area contributed by atoms with Crippen LogP contribution in [-0.4, -0.2) is 13.0 Å². The van der Waals surface area contributed by atoms with Crippen LogP contribution in [0.25, 0.3) is 6.08 Å². The molecule has 0 bridgehead atoms. The number of anilines is 1. The summed E-state index contributed by atoms with van der Waals surface area (Å²) in [6, 6.07) is 3.07. The second-order valence-corrected chi connectivity index (χ2v) is 4.55. The maximum absolute atomic E-state index is 13.6. The van der Waals surface area contributed by atoms with Crippen LogP contribution in [-0.2, 0) is 10.2 Å². The first-order valence-corrected chi connectivity index (χ1v) is 5.15. The third-order valence-corrected chi connectivity index (χ3v) is 3.22. The molecule has 2 rings (SSSR count). The highest BCUT2D eigenvalue weighted by Crippen LogP contribution is 2.43. The van der Waals surface area contributed by atoms with Gasteiger partial charge < -0.3 is 4.90 Å². The van der Waals surface area contributed by atoms with Crippen LogP contribution in [0.15, 0.2) is 18.7 Å². The van der Waals surface area contributed by atoms with Crippen molar-refractivity contribution in [3.63, 3.8) is 0 Å². The number of rotatable bonds is 1. The number of amides is 1. The highest BCUT2D eigenvalue weighted by molar-refractivity contribution is 6.08. The monoisotopic (exact) mass is 219 g/mol. The molecule has 1 amide bonds. The van der Waals surface area contributed by atoms with Crippen LogP contribution >= 0.6 is 0 Å². The molecule has 0 aromatic heterocycles. The van der Waals surface area contributed by atoms with Crippen LogP contribution in [0, 0.1) is 5.82 Å². The van der Waals surface area contributed by atoms with E-state index in [-0.39, 0.29) is 11.7 Å². The van der Waals surface area contributed by atoms with E-state index in [0.29, 0.717) is 11.3 Å². The third-order valence-electron chi connectivity index (χ3n) is 3.22. The van der Waals surface area contributed by atoms with E-state index in [1.54, 1.807) is 13.1 Å². The van der Waals surface area contributed by atoms with E-state index in [1.807, 2.05) is 13.8 Å². The predicted molar refractivity (Wildman–Crippen MR) is 62.9 cm³/mol. The van der Waals surface area contributed by atoms with Crippen molar-refractivity contribution >= 4 is 17.7 Å². The van der Waals surface area contributed by atoms with Gasteiger partial charge in [0.15, 0.2) is 0 Å². The summed E-state index contributed by atoms with van der Waals surface area (Å²) in [5.41, 5.74) is 1.32. The lowest BCUT2D eigenvalue weighted by atomic mass is 9.85. The molecule has 16 heavy (non-hydrogen) atoms. The van der Waals surface area contributed by atoms with Crippen molar-refractivity contribution in [1.82, 2.24) is 0 Å². The van der Waals surface area contributed by atoms with Gasteiger partial charge in [-0.2, -0.15) is 0 Å². The van der Waals surface area contributed by atoms with Crippen molar-refractivity contribution in [3.05, 3.63) is 35.7 Å². The summed E-state index contributed by atoms with van der Waals surface area (Å²) in [6.07, 6.45) is 1.46. The third kappa shape index (κ3) is 1.14. The molecule has 0 atom stereocenters. The lowest BCUT2D eigenvalue weighted by molar-refractivity contribution is -0.121. The average Bonchev–Trinajstić information content (AvgIpc) is 2.41. The van der Waals surface area contributed by atoms with Gasteiger partial charge in [-0.3, -0.25) is 4.79 Å². The van der Waals surface area contributed by atoms with Crippen molar-refractivity contribution in [1.29, 1.82) is 0 Å². The van der Waals surface area contributed by atoms with Gasteiger partial charge in [-0.25, -0.2) is 4.39 Å². The van der Waals surface area contributed by atoms with Gasteiger partial charge in [-0.15, -0.1) is 0 Å². The van der Waals surface area contributed by atoms with E-state index in [2.05, 4.69) is 6.58 Å². The zero-order valence-corrected chi connectivity index (χ0v) is 9.67. The smallest absolute Gasteiger partial charge is 0.236 e. The molecule has 0 saturated carbocycles. The molecule has 0 fully saturated rings. The Morgan fingerprint density at radius 3 is 2.62 bits per heavy atom. The van der Waals surface area contributed by atoms with Crippen molar-refractivity contribution < 1.29 is 9.18 Å². The average molecular weight is 219 g/mol. The van der Waals surface area contributed by atoms with Gasteiger partial charge in [0.1, 0.15) is 5.82 Å². The summed E-state index contributed by atoms with van der Waals surface area (Å²) in [4.78, 5) is 13.5. The molecule has 1 aliphatic rings. The van der Waals surface area contributed by atoms with Gasteiger partial charge in [-0.1, -0.05) is 18.7 Å². The van der Waals surface area contributed by atoms with Crippen LogP contribution in [0.4, 0.5) is 10.1 Å². The van der Waals surface area contributed by atoms with Crippen molar-refractivity contribution in [2.45, 2.75) is 19.3 Å². The number of hydrogen-bond acceptors (Lipinski definition) is 1. The van der Waals surface area contributed by atoms with Crippen molar-refractivity contribution in [2.75, 3.05) is 11.9 Å². The van der Waals surface area contributed by atoms with Crippen LogP contribution < -0.4 is 4.90 Å². The number of nitrogens with zero attached hydrogens (tertiary/aromatic N) is 1. The molecule has 0 radical (unpaired) electrons. The highest BCUT2D eigenvalue weighted by Gasteiger charge is 2.43. The Labute approximate surface area is 94.4 Å². The van der Waals surface area contributed by atoms with E-state index in [1.165, 1.54) is 17.0 Å². The van der Waals surface area contributed by atoms with E-state index in [0.717, 1.165) is 5.56 Å². The molecule has 2 nitrogen and oxygen atoms in total. The topological polar surface area (TPSA) is 20.3 Å². The Kier molecular flexibility index (Phi) is 2.15. The normalized spacial score (nSPS) is 17.5. The van der Waals surface area contributed by atoms with Crippen molar-refractivity contribution in [3.8, 4) is 0 Å². The Bertz CT molecular complexity index is 491. The molecule has 0 aliphatic carbocycles. The fourth-order valence-corrected chi connectivity index (χ4v) is 2.28. The number of fused-ring (bicyclic) bond motifs is 1. The Morgan fingerprint density at radius 2 is 2.06 bits per heavy atom. The van der Waals surface area contributed by atoms with E-state index >= 15 is 0 Å². The number of likely N-dealkylation sites (N-methyl/N-ethyl adjacent to an activating group) is 1. The Morgan fingerprint density at radius 1 is 1.44 bits per heavy atom. The SMILES string of the molecule is C=Cc1c(F)ccc2c1N(C)C(=O)C2(C)C. The number of hydrogen-bond donors (Lipinski definition) is 0. The molecule has 0 N–H and O–H groups in total. The number of halogens is 1. The minimum Gasteiger partial charge on any atom is -0.314 e. The van der Waals surface area contributed by atoms with Gasteiger partial charge in [0.05, 0.1) is 11.1 Å². The Balaban J connectivity index is 2.81. The molecule has 1 aromatic carbocycles. The summed E-state index contributed by atoms with van der Waals surface area (Å²) < 4.78 is 13.6. The lowest BCUT2D eigenvalue weighted by Crippen LogP contribution is -2.33. The van der Waals surface area contributed by atoms with E-state index < -0.39 is 5.41 Å². The summed E-state index contributed by atoms with van der Waals surface area (Å²) in [5, 5.41) is 0. The van der Waals surface area contributed by atoms with E-state index in [9.17, 15) is 9.18 Å². The van der Waals surface area contributed by atoms with Gasteiger partial charge >= 0.3 is 0 Å². The van der Waals surface area contributed by atoms with Crippen LogP contribution in [0.3, 0.4) is 0 Å². The van der Waals surface area contributed by atoms with Crippen LogP contribution in [0.2, 0.25) is 0 Å². The maximum atomic E-state index is 13.6. The molecule has 3 heteroatoms. The second-order valence-electron chi connectivity index (χ2n) is 4.55. The second kappa shape index (κ2) is 3.17. The quantitative estimate of drug-likeness (QED) is 0.711. The number of carbonyl (C=O) groups excluding carboxylic acids is 1. The fourth-order valence-electron chi connectivity index (χ4n) is 2.28. The predicted octanol–water partition coefficient (Wildman–Crippen LogP) is 2.72. The molecular formula is C13H14FNO. The minimum absolute atomic E-state index is 0.0174. The van der Waals surface area contributed by atoms with Gasteiger partial charge in [0.2, 0.25) is 5.91 Å². The summed E-state index contributed by atoms with van der Waals surface area (Å²) in [7, 11) is 1.67. The van der Waals surface area contributed by atoms with E-state index in [4.69, 9.17) is 0 Å². The standard InChI is InChI=1S/C13H14FNO/c1-5-8-10(14)7-6-9-11(8)15(4)12(16)13(9,2)3/h5-7H,1H2,2-4H3. The molecular weight excluding hydrogens is 205 g/mol. The first-order chi connectivity index (χ1) is 7.41. The zero-order chi connectivity index (χ0) is 12.1. The molecule has 0 unspecified atom stereocenters.